The highest BCUT2D eigenvalue weighted by molar-refractivity contribution is 7.99. The molecule has 2 aromatic heterocycles. The molecule has 0 saturated heterocycles. The van der Waals surface area contributed by atoms with E-state index in [0.29, 0.717) is 6.54 Å². The van der Waals surface area contributed by atoms with Crippen LogP contribution >= 0.6 is 11.8 Å². The highest BCUT2D eigenvalue weighted by Gasteiger charge is 2.16. The number of fused-ring (bicyclic) bond motifs is 1. The van der Waals surface area contributed by atoms with Gasteiger partial charge in [-0.1, -0.05) is 35.2 Å². The molecule has 0 saturated carbocycles. The van der Waals surface area contributed by atoms with Gasteiger partial charge < -0.3 is 9.88 Å². The topological polar surface area (TPSA) is 77.6 Å². The lowest BCUT2D eigenvalue weighted by Gasteiger charge is -2.00. The minimum atomic E-state index is -0.256. The van der Waals surface area contributed by atoms with E-state index < -0.39 is 0 Å². The lowest BCUT2D eigenvalue weighted by Crippen LogP contribution is -2.23. The van der Waals surface area contributed by atoms with Crippen molar-refractivity contribution in [2.45, 2.75) is 18.2 Å². The molecule has 0 radical (unpaired) electrons. The third-order valence-corrected chi connectivity index (χ3v) is 4.50. The third kappa shape index (κ3) is 2.85. The summed E-state index contributed by atoms with van der Waals surface area (Å²) in [6.07, 6.45) is 3.60. The van der Waals surface area contributed by atoms with Gasteiger partial charge in [0, 0.05) is 18.5 Å². The predicted octanol–water partition coefficient (Wildman–Crippen LogP) is 1.50. The number of carbonyl (C=O) groups excluding carboxylic acids is 1. The van der Waals surface area contributed by atoms with Gasteiger partial charge in [0.2, 0.25) is 0 Å². The second kappa shape index (κ2) is 5.88. The van der Waals surface area contributed by atoms with Crippen molar-refractivity contribution in [2.24, 2.45) is 0 Å². The van der Waals surface area contributed by atoms with Gasteiger partial charge in [-0.2, -0.15) is 0 Å². The lowest BCUT2D eigenvalue weighted by molar-refractivity contribution is 0.0945. The molecule has 3 aromatic rings. The van der Waals surface area contributed by atoms with E-state index in [2.05, 4.69) is 25.2 Å². The molecule has 0 spiro atoms. The average molecular weight is 326 g/mol. The smallest absolute Gasteiger partial charge is 0.273 e. The van der Waals surface area contributed by atoms with Crippen LogP contribution in [0.2, 0.25) is 0 Å². The van der Waals surface area contributed by atoms with Crippen LogP contribution in [-0.4, -0.2) is 36.2 Å². The molecule has 4 rings (SSSR count). The molecule has 1 amide bonds. The molecule has 23 heavy (non-hydrogen) atoms. The zero-order valence-electron chi connectivity index (χ0n) is 12.2. The predicted molar refractivity (Wildman–Crippen MR) is 85.5 cm³/mol. The summed E-state index contributed by atoms with van der Waals surface area (Å²) in [5, 5.41) is 11.8. The summed E-state index contributed by atoms with van der Waals surface area (Å²) < 4.78 is 3.69. The van der Waals surface area contributed by atoms with Gasteiger partial charge in [-0.25, -0.2) is 9.67 Å². The number of nitrogens with zero attached hydrogens (tertiary/aromatic N) is 5. The van der Waals surface area contributed by atoms with Crippen molar-refractivity contribution < 1.29 is 4.79 Å². The van der Waals surface area contributed by atoms with Gasteiger partial charge >= 0.3 is 0 Å². The van der Waals surface area contributed by atoms with Gasteiger partial charge in [0.15, 0.2) is 10.9 Å². The number of nitrogens with one attached hydrogen (secondary N) is 1. The van der Waals surface area contributed by atoms with Crippen LogP contribution < -0.4 is 5.32 Å². The second-order valence-corrected chi connectivity index (χ2v) is 6.19. The number of para-hydroxylation sites is 1. The molecule has 7 nitrogen and oxygen atoms in total. The molecule has 8 heteroatoms. The van der Waals surface area contributed by atoms with Gasteiger partial charge in [-0.05, 0) is 12.1 Å². The van der Waals surface area contributed by atoms with Gasteiger partial charge in [0.25, 0.3) is 5.91 Å². The first kappa shape index (κ1) is 14.0. The van der Waals surface area contributed by atoms with E-state index in [1.54, 1.807) is 22.6 Å². The number of hydrogen-bond acceptors (Lipinski definition) is 5. The summed E-state index contributed by atoms with van der Waals surface area (Å²) in [4.78, 5) is 16.7. The van der Waals surface area contributed by atoms with E-state index in [1.165, 1.54) is 0 Å². The summed E-state index contributed by atoms with van der Waals surface area (Å²) in [5.74, 6) is 0.811. The summed E-state index contributed by atoms with van der Waals surface area (Å²) in [5.41, 5.74) is 2.01. The quantitative estimate of drug-likeness (QED) is 0.786. The monoisotopic (exact) mass is 326 g/mol. The molecule has 1 N–H and O–H groups in total. The van der Waals surface area contributed by atoms with Gasteiger partial charge in [-0.3, -0.25) is 4.79 Å². The van der Waals surface area contributed by atoms with Crippen LogP contribution in [0.1, 0.15) is 16.2 Å². The molecule has 1 aliphatic heterocycles. The number of aromatic nitrogens is 5. The first-order chi connectivity index (χ1) is 11.3. The van der Waals surface area contributed by atoms with Crippen LogP contribution in [0, 0.1) is 0 Å². The van der Waals surface area contributed by atoms with E-state index in [9.17, 15) is 4.79 Å². The Morgan fingerprint density at radius 1 is 1.26 bits per heavy atom. The van der Waals surface area contributed by atoms with Crippen molar-refractivity contribution in [1.82, 2.24) is 29.9 Å². The fraction of sp³-hybridized carbons (Fsp3) is 0.200. The van der Waals surface area contributed by atoms with Crippen LogP contribution in [0.3, 0.4) is 0 Å². The van der Waals surface area contributed by atoms with Crippen LogP contribution in [0.4, 0.5) is 0 Å². The summed E-state index contributed by atoms with van der Waals surface area (Å²) in [7, 11) is 0. The van der Waals surface area contributed by atoms with E-state index in [4.69, 9.17) is 0 Å². The van der Waals surface area contributed by atoms with Crippen LogP contribution in [-0.2, 0) is 13.1 Å². The maximum absolute atomic E-state index is 12.2. The summed E-state index contributed by atoms with van der Waals surface area (Å²) in [6.45, 7) is 1.37. The Kier molecular flexibility index (Phi) is 3.58. The molecular formula is C15H14N6OS. The fourth-order valence-corrected chi connectivity index (χ4v) is 3.35. The maximum atomic E-state index is 12.2. The van der Waals surface area contributed by atoms with E-state index in [0.717, 1.165) is 28.8 Å². The molecule has 0 aliphatic carbocycles. The second-order valence-electron chi connectivity index (χ2n) is 5.12. The van der Waals surface area contributed by atoms with Gasteiger partial charge in [0.05, 0.1) is 24.1 Å². The molecule has 0 fully saturated rings. The van der Waals surface area contributed by atoms with Crippen LogP contribution in [0.15, 0.2) is 47.9 Å². The van der Waals surface area contributed by atoms with Crippen molar-refractivity contribution in [3.8, 4) is 5.69 Å². The Bertz CT molecular complexity index is 819. The van der Waals surface area contributed by atoms with E-state index in [-0.39, 0.29) is 11.6 Å². The van der Waals surface area contributed by atoms with Crippen molar-refractivity contribution in [1.29, 1.82) is 0 Å². The molecule has 116 valence electrons. The van der Waals surface area contributed by atoms with Crippen molar-refractivity contribution in [2.75, 3.05) is 5.75 Å². The Balaban J connectivity index is 1.42. The summed E-state index contributed by atoms with van der Waals surface area (Å²) in [6, 6.07) is 9.55. The molecular weight excluding hydrogens is 312 g/mol. The first-order valence-electron chi connectivity index (χ1n) is 7.24. The average Bonchev–Trinajstić information content (AvgIpc) is 3.29. The molecule has 1 aliphatic rings. The fourth-order valence-electron chi connectivity index (χ4n) is 2.38. The molecule has 0 atom stereocenters. The van der Waals surface area contributed by atoms with Crippen LogP contribution in [0.25, 0.3) is 5.69 Å². The zero-order valence-corrected chi connectivity index (χ0v) is 13.0. The SMILES string of the molecule is O=C(NCc1cn2c(n1)SCC2)c1cn(-c2ccccc2)nn1. The Morgan fingerprint density at radius 2 is 2.13 bits per heavy atom. The zero-order chi connectivity index (χ0) is 15.6. The number of thioether (sulfide) groups is 1. The molecule has 0 bridgehead atoms. The minimum Gasteiger partial charge on any atom is -0.345 e. The Morgan fingerprint density at radius 3 is 2.96 bits per heavy atom. The first-order valence-corrected chi connectivity index (χ1v) is 8.23. The van der Waals surface area contributed by atoms with Crippen LogP contribution in [0.5, 0.6) is 0 Å². The molecule has 0 unspecified atom stereocenters. The molecule has 1 aromatic carbocycles. The minimum absolute atomic E-state index is 0.256. The highest BCUT2D eigenvalue weighted by atomic mass is 32.2. The van der Waals surface area contributed by atoms with E-state index >= 15 is 0 Å². The number of rotatable bonds is 4. The highest BCUT2D eigenvalue weighted by Crippen LogP contribution is 2.24. The number of benzene rings is 1. The van der Waals surface area contributed by atoms with Crippen molar-refractivity contribution in [3.05, 3.63) is 54.1 Å². The number of imidazole rings is 1. The number of carbonyl (C=O) groups is 1. The standard InChI is InChI=1S/C15H14N6OS/c22-14(16-8-11-9-20-6-7-23-15(20)17-11)13-10-21(19-18-13)12-4-2-1-3-5-12/h1-5,9-10H,6-8H2,(H,16,22). The number of hydrogen-bond donors (Lipinski definition) is 1. The molecule has 3 heterocycles. The summed E-state index contributed by atoms with van der Waals surface area (Å²) >= 11 is 1.73. The number of amides is 1. The van der Waals surface area contributed by atoms with Crippen molar-refractivity contribution >= 4 is 17.7 Å². The largest absolute Gasteiger partial charge is 0.345 e. The van der Waals surface area contributed by atoms with Crippen molar-refractivity contribution in [3.63, 3.8) is 0 Å². The lowest BCUT2D eigenvalue weighted by atomic mass is 10.3. The Labute approximate surface area is 136 Å². The Hall–Kier alpha value is -2.61. The maximum Gasteiger partial charge on any atom is 0.273 e. The van der Waals surface area contributed by atoms with Gasteiger partial charge in [0.1, 0.15) is 0 Å². The normalized spacial score (nSPS) is 13.0. The number of aryl methyl sites for hydroxylation is 1. The van der Waals surface area contributed by atoms with Gasteiger partial charge in [-0.15, -0.1) is 5.10 Å². The van der Waals surface area contributed by atoms with E-state index in [1.807, 2.05) is 36.5 Å². The third-order valence-electron chi connectivity index (χ3n) is 3.53.